The number of nitrogens with one attached hydrogen (secondary N) is 3. The van der Waals surface area contributed by atoms with Crippen LogP contribution in [-0.2, 0) is 15.6 Å². The maximum Gasteiger partial charge on any atom is 0.323 e. The Hall–Kier alpha value is -3.59. The number of furan rings is 1. The molecule has 0 saturated carbocycles. The normalized spacial score (nSPS) is 11.6. The highest BCUT2D eigenvalue weighted by Gasteiger charge is 2.22. The van der Waals surface area contributed by atoms with Gasteiger partial charge in [0.25, 0.3) is 5.91 Å². The molecule has 0 radical (unpaired) electrons. The predicted octanol–water partition coefficient (Wildman–Crippen LogP) is 2.68. The number of aromatic nitrogens is 2. The van der Waals surface area contributed by atoms with Gasteiger partial charge >= 0.3 is 5.69 Å². The van der Waals surface area contributed by atoms with Gasteiger partial charge in [0, 0.05) is 11.3 Å². The van der Waals surface area contributed by atoms with E-state index in [-0.39, 0.29) is 27.7 Å². The van der Waals surface area contributed by atoms with Crippen LogP contribution in [0.15, 0.2) is 75.0 Å². The van der Waals surface area contributed by atoms with Crippen LogP contribution in [-0.4, -0.2) is 24.3 Å². The molecule has 0 unspecified atom stereocenters. The van der Waals surface area contributed by atoms with Crippen molar-refractivity contribution in [2.45, 2.75) is 10.6 Å². The van der Waals surface area contributed by atoms with Crippen molar-refractivity contribution in [3.63, 3.8) is 0 Å². The molecule has 0 aliphatic heterocycles. The van der Waals surface area contributed by atoms with Crippen LogP contribution in [0, 0.1) is 0 Å². The van der Waals surface area contributed by atoms with E-state index in [1.54, 1.807) is 36.4 Å². The lowest BCUT2D eigenvalue weighted by molar-refractivity contribution is 0.0996. The molecule has 2 aromatic carbocycles. The number of carbonyl (C=O) groups excluding carboxylic acids is 1. The molecule has 28 heavy (non-hydrogen) atoms. The average molecular weight is 397 g/mol. The van der Waals surface area contributed by atoms with Gasteiger partial charge in [0.1, 0.15) is 0 Å². The predicted molar refractivity (Wildman–Crippen MR) is 103 cm³/mol. The van der Waals surface area contributed by atoms with Gasteiger partial charge < -0.3 is 19.7 Å². The summed E-state index contributed by atoms with van der Waals surface area (Å²) >= 11 is 0. The van der Waals surface area contributed by atoms with Crippen LogP contribution in [0.1, 0.15) is 16.1 Å². The third kappa shape index (κ3) is 3.47. The van der Waals surface area contributed by atoms with Crippen LogP contribution < -0.4 is 11.0 Å². The molecule has 9 heteroatoms. The maximum absolute atomic E-state index is 12.6. The van der Waals surface area contributed by atoms with Gasteiger partial charge in [-0.2, -0.15) is 0 Å². The van der Waals surface area contributed by atoms with E-state index in [1.165, 1.54) is 24.5 Å². The second kappa shape index (κ2) is 6.86. The first-order valence-electron chi connectivity index (χ1n) is 8.30. The molecule has 0 aliphatic carbocycles. The molecule has 8 nitrogen and oxygen atoms in total. The molecule has 1 amide bonds. The van der Waals surface area contributed by atoms with Crippen LogP contribution in [0.5, 0.6) is 0 Å². The molecule has 0 saturated heterocycles. The molecule has 0 spiro atoms. The number of H-pyrrole nitrogens is 2. The Balaban J connectivity index is 1.57. The summed E-state index contributed by atoms with van der Waals surface area (Å²) in [4.78, 5) is 29.3. The highest BCUT2D eigenvalue weighted by molar-refractivity contribution is 7.90. The summed E-state index contributed by atoms with van der Waals surface area (Å²) in [6.45, 7) is 0. The highest BCUT2D eigenvalue weighted by Crippen LogP contribution is 2.21. The lowest BCUT2D eigenvalue weighted by Gasteiger charge is -2.07. The van der Waals surface area contributed by atoms with Crippen molar-refractivity contribution in [3.8, 4) is 0 Å². The van der Waals surface area contributed by atoms with Crippen molar-refractivity contribution in [3.05, 3.63) is 82.7 Å². The minimum atomic E-state index is -3.62. The van der Waals surface area contributed by atoms with E-state index in [9.17, 15) is 18.0 Å². The first-order valence-corrected chi connectivity index (χ1v) is 9.95. The number of sulfone groups is 1. The molecule has 3 N–H and O–H groups in total. The highest BCUT2D eigenvalue weighted by atomic mass is 32.2. The summed E-state index contributed by atoms with van der Waals surface area (Å²) in [6, 6.07) is 14.3. The summed E-state index contributed by atoms with van der Waals surface area (Å²) < 4.78 is 30.4. The van der Waals surface area contributed by atoms with Crippen LogP contribution in [0.25, 0.3) is 11.0 Å². The van der Waals surface area contributed by atoms with E-state index < -0.39 is 15.7 Å². The van der Waals surface area contributed by atoms with E-state index in [4.69, 9.17) is 4.42 Å². The molecule has 142 valence electrons. The Morgan fingerprint density at radius 1 is 1.00 bits per heavy atom. The number of benzene rings is 2. The number of hydrogen-bond donors (Lipinski definition) is 3. The molecule has 2 aromatic heterocycles. The van der Waals surface area contributed by atoms with Crippen molar-refractivity contribution < 1.29 is 17.6 Å². The fourth-order valence-corrected chi connectivity index (χ4v) is 4.24. The quantitative estimate of drug-likeness (QED) is 0.477. The van der Waals surface area contributed by atoms with Crippen molar-refractivity contribution in [2.24, 2.45) is 0 Å². The summed E-state index contributed by atoms with van der Waals surface area (Å²) in [6.07, 6.45) is 1.28. The monoisotopic (exact) mass is 397 g/mol. The summed E-state index contributed by atoms with van der Waals surface area (Å²) in [5.41, 5.74) is 1.49. The zero-order chi connectivity index (χ0) is 19.7. The number of hydrogen-bond acceptors (Lipinski definition) is 5. The zero-order valence-corrected chi connectivity index (χ0v) is 15.2. The van der Waals surface area contributed by atoms with Gasteiger partial charge in [-0.1, -0.05) is 18.2 Å². The molecule has 2 heterocycles. The minimum absolute atomic E-state index is 0.0813. The molecular weight excluding hydrogens is 382 g/mol. The smallest absolute Gasteiger partial charge is 0.323 e. The Labute approximate surface area is 159 Å². The number of amides is 1. The van der Waals surface area contributed by atoms with E-state index >= 15 is 0 Å². The van der Waals surface area contributed by atoms with Crippen LogP contribution in [0.2, 0.25) is 0 Å². The first-order chi connectivity index (χ1) is 13.4. The standard InChI is InChI=1S/C19H15N3O5S/c23-18(20-13-6-7-15-16(10-13)22-19(24)21-15)17-12(8-9-27-17)11-28(25,26)14-4-2-1-3-5-14/h1-10H,11H2,(H,20,23)(H2,21,22,24). The Morgan fingerprint density at radius 2 is 1.75 bits per heavy atom. The average Bonchev–Trinajstić information content (AvgIpc) is 3.27. The molecular formula is C19H15N3O5S. The van der Waals surface area contributed by atoms with E-state index in [2.05, 4.69) is 15.3 Å². The number of aromatic amines is 2. The molecule has 4 aromatic rings. The van der Waals surface area contributed by atoms with Crippen molar-refractivity contribution >= 4 is 32.5 Å². The summed E-state index contributed by atoms with van der Waals surface area (Å²) in [5.74, 6) is -1.02. The Kier molecular flexibility index (Phi) is 4.36. The van der Waals surface area contributed by atoms with Gasteiger partial charge in [0.2, 0.25) is 0 Å². The number of rotatable bonds is 5. The van der Waals surface area contributed by atoms with Crippen LogP contribution in [0.4, 0.5) is 5.69 Å². The van der Waals surface area contributed by atoms with Gasteiger partial charge in [-0.05, 0) is 36.4 Å². The zero-order valence-electron chi connectivity index (χ0n) is 14.4. The number of imidazole rings is 1. The number of carbonyl (C=O) groups is 1. The number of fused-ring (bicyclic) bond motifs is 1. The van der Waals surface area contributed by atoms with E-state index in [0.717, 1.165) is 0 Å². The van der Waals surface area contributed by atoms with E-state index in [1.807, 2.05) is 0 Å². The van der Waals surface area contributed by atoms with Gasteiger partial charge in [-0.15, -0.1) is 0 Å². The number of anilines is 1. The van der Waals surface area contributed by atoms with Crippen molar-refractivity contribution in [2.75, 3.05) is 5.32 Å². The Bertz CT molecular complexity index is 1320. The lowest BCUT2D eigenvalue weighted by atomic mass is 10.2. The second-order valence-corrected chi connectivity index (χ2v) is 8.13. The van der Waals surface area contributed by atoms with Gasteiger partial charge in [-0.3, -0.25) is 4.79 Å². The third-order valence-corrected chi connectivity index (χ3v) is 5.86. The molecule has 0 fully saturated rings. The molecule has 0 bridgehead atoms. The summed E-state index contributed by atoms with van der Waals surface area (Å²) in [7, 11) is -3.62. The minimum Gasteiger partial charge on any atom is -0.459 e. The van der Waals surface area contributed by atoms with E-state index in [0.29, 0.717) is 16.7 Å². The molecule has 4 rings (SSSR count). The molecule has 0 aliphatic rings. The third-order valence-electron chi connectivity index (χ3n) is 4.17. The second-order valence-electron chi connectivity index (χ2n) is 6.14. The van der Waals surface area contributed by atoms with Crippen LogP contribution >= 0.6 is 0 Å². The topological polar surface area (TPSA) is 125 Å². The lowest BCUT2D eigenvalue weighted by Crippen LogP contribution is -2.14. The van der Waals surface area contributed by atoms with Gasteiger partial charge in [-0.25, -0.2) is 13.2 Å². The fraction of sp³-hybridized carbons (Fsp3) is 0.0526. The van der Waals surface area contributed by atoms with Crippen LogP contribution in [0.3, 0.4) is 0 Å². The van der Waals surface area contributed by atoms with Crippen molar-refractivity contribution in [1.29, 1.82) is 0 Å². The Morgan fingerprint density at radius 3 is 2.54 bits per heavy atom. The first kappa shape index (κ1) is 17.8. The van der Waals surface area contributed by atoms with Gasteiger partial charge in [0.05, 0.1) is 27.9 Å². The summed E-state index contributed by atoms with van der Waals surface area (Å²) in [5, 5.41) is 2.65. The molecule has 0 atom stereocenters. The maximum atomic E-state index is 12.6. The van der Waals surface area contributed by atoms with Crippen molar-refractivity contribution in [1.82, 2.24) is 9.97 Å². The SMILES string of the molecule is O=C(Nc1ccc2[nH]c(=O)[nH]c2c1)c1occc1CS(=O)(=O)c1ccccc1. The largest absolute Gasteiger partial charge is 0.459 e. The van der Waals surface area contributed by atoms with Gasteiger partial charge in [0.15, 0.2) is 15.6 Å². The fourth-order valence-electron chi connectivity index (χ4n) is 2.86.